The van der Waals surface area contributed by atoms with E-state index < -0.39 is 0 Å². The summed E-state index contributed by atoms with van der Waals surface area (Å²) in [5, 5.41) is 0. The second-order valence-electron chi connectivity index (χ2n) is 6.84. The van der Waals surface area contributed by atoms with Crippen molar-refractivity contribution >= 4 is 23.0 Å². The van der Waals surface area contributed by atoms with Gasteiger partial charge < -0.3 is 19.9 Å². The van der Waals surface area contributed by atoms with Crippen LogP contribution in [0.5, 0.6) is 12.0 Å². The largest absolute Gasteiger partial charge is 0.469 e. The molecule has 30 heavy (non-hydrogen) atoms. The van der Waals surface area contributed by atoms with Crippen LogP contribution in [-0.4, -0.2) is 46.3 Å². The molecule has 3 rings (SSSR count). The van der Waals surface area contributed by atoms with Crippen LogP contribution >= 0.6 is 0 Å². The van der Waals surface area contributed by atoms with Crippen LogP contribution in [0.3, 0.4) is 0 Å². The summed E-state index contributed by atoms with van der Waals surface area (Å²) in [5.41, 5.74) is 9.20. The first-order valence-electron chi connectivity index (χ1n) is 9.90. The summed E-state index contributed by atoms with van der Waals surface area (Å²) in [6, 6.07) is 8.61. The number of carbonyl (C=O) groups excluding carboxylic acids is 1. The third-order valence-corrected chi connectivity index (χ3v) is 4.69. The number of nitrogen functional groups attached to an aromatic ring is 1. The van der Waals surface area contributed by atoms with Crippen LogP contribution in [0.1, 0.15) is 37.3 Å². The zero-order valence-electron chi connectivity index (χ0n) is 17.6. The fourth-order valence-corrected chi connectivity index (χ4v) is 2.99. The van der Waals surface area contributed by atoms with E-state index >= 15 is 0 Å². The van der Waals surface area contributed by atoms with Crippen molar-refractivity contribution < 1.29 is 19.0 Å². The van der Waals surface area contributed by atoms with Crippen molar-refractivity contribution in [3.63, 3.8) is 0 Å². The Hall–Kier alpha value is -3.36. The van der Waals surface area contributed by atoms with Crippen LogP contribution < -0.4 is 15.2 Å². The maximum Gasteiger partial charge on any atom is 0.320 e. The standard InChI is InChI=1S/C21H27N5O4/c1-4-5-12-30-20-24-18(22)17-19(25-20)26(21(23-17)29-3)13-15-8-6-14(7-9-15)10-11-16(27)28-2/h6-9H,4-5,10-13H2,1-3H3,(H2,22,24,25). The summed E-state index contributed by atoms with van der Waals surface area (Å²) in [4.78, 5) is 24.4. The van der Waals surface area contributed by atoms with Crippen LogP contribution in [0.15, 0.2) is 24.3 Å². The lowest BCUT2D eigenvalue weighted by atomic mass is 10.1. The van der Waals surface area contributed by atoms with E-state index in [0.29, 0.717) is 43.2 Å². The number of imidazole rings is 1. The molecule has 3 aromatic rings. The molecule has 0 saturated heterocycles. The molecule has 2 N–H and O–H groups in total. The van der Waals surface area contributed by atoms with Gasteiger partial charge in [0.1, 0.15) is 0 Å². The maximum atomic E-state index is 11.3. The van der Waals surface area contributed by atoms with E-state index in [1.807, 2.05) is 28.8 Å². The van der Waals surface area contributed by atoms with Crippen molar-refractivity contribution in [1.82, 2.24) is 19.5 Å². The molecule has 0 bridgehead atoms. The van der Waals surface area contributed by atoms with E-state index in [0.717, 1.165) is 24.0 Å². The number of esters is 1. The van der Waals surface area contributed by atoms with Crippen molar-refractivity contribution in [2.45, 2.75) is 39.2 Å². The highest BCUT2D eigenvalue weighted by Gasteiger charge is 2.18. The molecule has 9 nitrogen and oxygen atoms in total. The normalized spacial score (nSPS) is 10.9. The number of hydrogen-bond acceptors (Lipinski definition) is 8. The van der Waals surface area contributed by atoms with Crippen molar-refractivity contribution in [2.24, 2.45) is 0 Å². The summed E-state index contributed by atoms with van der Waals surface area (Å²) >= 11 is 0. The van der Waals surface area contributed by atoms with Gasteiger partial charge in [-0.2, -0.15) is 15.0 Å². The topological polar surface area (TPSA) is 114 Å². The first-order chi connectivity index (χ1) is 14.5. The third kappa shape index (κ3) is 4.97. The zero-order chi connectivity index (χ0) is 21.5. The molecule has 9 heteroatoms. The van der Waals surface area contributed by atoms with Gasteiger partial charge in [0.25, 0.3) is 6.01 Å². The van der Waals surface area contributed by atoms with Crippen molar-refractivity contribution in [1.29, 1.82) is 0 Å². The highest BCUT2D eigenvalue weighted by Crippen LogP contribution is 2.26. The molecule has 2 aromatic heterocycles. The van der Waals surface area contributed by atoms with Gasteiger partial charge in [-0.1, -0.05) is 37.6 Å². The monoisotopic (exact) mass is 413 g/mol. The minimum Gasteiger partial charge on any atom is -0.469 e. The number of nitrogens with two attached hydrogens (primary N) is 1. The average Bonchev–Trinajstić information content (AvgIpc) is 3.11. The van der Waals surface area contributed by atoms with Gasteiger partial charge in [-0.15, -0.1) is 0 Å². The number of aryl methyl sites for hydroxylation is 1. The van der Waals surface area contributed by atoms with Crippen LogP contribution in [0.25, 0.3) is 11.2 Å². The predicted octanol–water partition coefficient (Wildman–Crippen LogP) is 2.75. The minimum atomic E-state index is -0.220. The molecular weight excluding hydrogens is 386 g/mol. The number of benzene rings is 1. The van der Waals surface area contributed by atoms with Gasteiger partial charge in [0.05, 0.1) is 27.4 Å². The second kappa shape index (κ2) is 9.91. The molecule has 0 spiro atoms. The molecule has 0 aliphatic heterocycles. The summed E-state index contributed by atoms with van der Waals surface area (Å²) in [6.07, 6.45) is 2.91. The zero-order valence-corrected chi connectivity index (χ0v) is 17.6. The highest BCUT2D eigenvalue weighted by atomic mass is 16.5. The van der Waals surface area contributed by atoms with Crippen LogP contribution in [0.2, 0.25) is 0 Å². The number of nitrogens with zero attached hydrogens (tertiary/aromatic N) is 4. The number of carbonyl (C=O) groups is 1. The van der Waals surface area contributed by atoms with Crippen molar-refractivity contribution in [3.05, 3.63) is 35.4 Å². The minimum absolute atomic E-state index is 0.220. The Morgan fingerprint density at radius 2 is 1.83 bits per heavy atom. The number of aromatic nitrogens is 4. The molecule has 0 saturated carbocycles. The Bertz CT molecular complexity index is 1000. The molecule has 0 unspecified atom stereocenters. The van der Waals surface area contributed by atoms with Crippen LogP contribution in [0, 0.1) is 0 Å². The molecule has 160 valence electrons. The molecule has 0 aliphatic carbocycles. The molecule has 1 aromatic carbocycles. The Labute approximate surface area is 175 Å². The molecule has 0 atom stereocenters. The number of ether oxygens (including phenoxy) is 3. The van der Waals surface area contributed by atoms with Gasteiger partial charge in [-0.25, -0.2) is 0 Å². The van der Waals surface area contributed by atoms with Gasteiger partial charge in [0.15, 0.2) is 17.0 Å². The van der Waals surface area contributed by atoms with Gasteiger partial charge in [-0.05, 0) is 24.0 Å². The number of hydrogen-bond donors (Lipinski definition) is 1. The average molecular weight is 413 g/mol. The Balaban J connectivity index is 1.84. The number of fused-ring (bicyclic) bond motifs is 1. The first kappa shape index (κ1) is 21.4. The lowest BCUT2D eigenvalue weighted by Gasteiger charge is -2.09. The summed E-state index contributed by atoms with van der Waals surface area (Å²) in [5.74, 6) is 0.0321. The summed E-state index contributed by atoms with van der Waals surface area (Å²) < 4.78 is 17.6. The van der Waals surface area contributed by atoms with Crippen LogP contribution in [0.4, 0.5) is 5.82 Å². The fourth-order valence-electron chi connectivity index (χ4n) is 2.99. The SMILES string of the molecule is CCCCOc1nc(N)c2nc(OC)n(Cc3ccc(CCC(=O)OC)cc3)c2n1. The summed E-state index contributed by atoms with van der Waals surface area (Å²) in [7, 11) is 2.95. The van der Waals surface area contributed by atoms with E-state index in [1.165, 1.54) is 7.11 Å². The van der Waals surface area contributed by atoms with E-state index in [-0.39, 0.29) is 17.8 Å². The van der Waals surface area contributed by atoms with Crippen molar-refractivity contribution in [3.8, 4) is 12.0 Å². The fraction of sp³-hybridized carbons (Fsp3) is 0.429. The Kier molecular flexibility index (Phi) is 7.05. The van der Waals surface area contributed by atoms with E-state index in [4.69, 9.17) is 15.2 Å². The van der Waals surface area contributed by atoms with Gasteiger partial charge in [0, 0.05) is 6.42 Å². The Morgan fingerprint density at radius 1 is 1.10 bits per heavy atom. The number of rotatable bonds is 10. The lowest BCUT2D eigenvalue weighted by molar-refractivity contribution is -0.140. The smallest absolute Gasteiger partial charge is 0.320 e. The second-order valence-corrected chi connectivity index (χ2v) is 6.84. The molecule has 2 heterocycles. The Morgan fingerprint density at radius 3 is 2.50 bits per heavy atom. The molecule has 0 radical (unpaired) electrons. The van der Waals surface area contributed by atoms with E-state index in [9.17, 15) is 4.79 Å². The quantitative estimate of drug-likeness (QED) is 0.399. The maximum absolute atomic E-state index is 11.3. The predicted molar refractivity (Wildman–Crippen MR) is 113 cm³/mol. The number of methoxy groups -OCH3 is 2. The van der Waals surface area contributed by atoms with Gasteiger partial charge >= 0.3 is 12.0 Å². The van der Waals surface area contributed by atoms with E-state index in [1.54, 1.807) is 7.11 Å². The van der Waals surface area contributed by atoms with Gasteiger partial charge in [0.2, 0.25) is 0 Å². The first-order valence-corrected chi connectivity index (χ1v) is 9.90. The lowest BCUT2D eigenvalue weighted by Crippen LogP contribution is -2.07. The van der Waals surface area contributed by atoms with E-state index in [2.05, 4.69) is 26.6 Å². The molecular formula is C21H27N5O4. The van der Waals surface area contributed by atoms with Gasteiger partial charge in [-0.3, -0.25) is 9.36 Å². The summed E-state index contributed by atoms with van der Waals surface area (Å²) in [6.45, 7) is 3.10. The third-order valence-electron chi connectivity index (χ3n) is 4.69. The number of unbranched alkanes of at least 4 members (excludes halogenated alkanes) is 1. The molecule has 0 fully saturated rings. The highest BCUT2D eigenvalue weighted by molar-refractivity contribution is 5.83. The molecule has 0 amide bonds. The van der Waals surface area contributed by atoms with Crippen molar-refractivity contribution in [2.75, 3.05) is 26.6 Å². The molecule has 0 aliphatic rings. The number of anilines is 1. The van der Waals surface area contributed by atoms with Crippen LogP contribution in [-0.2, 0) is 22.5 Å².